The lowest BCUT2D eigenvalue weighted by molar-refractivity contribution is -0.194. The number of rotatable bonds is 4. The summed E-state index contributed by atoms with van der Waals surface area (Å²) in [6.07, 6.45) is -0.695. The molecule has 0 aliphatic heterocycles. The number of hydroxylamine groups is 1. The Labute approximate surface area is 86.9 Å². The molecule has 1 saturated carbocycles. The van der Waals surface area contributed by atoms with Gasteiger partial charge < -0.3 is 4.74 Å². The average Bonchev–Trinajstić information content (AvgIpc) is 2.16. The Bertz CT molecular complexity index is 187. The predicted molar refractivity (Wildman–Crippen MR) is 48.2 cm³/mol. The van der Waals surface area contributed by atoms with Crippen molar-refractivity contribution in [1.29, 1.82) is 0 Å². The van der Waals surface area contributed by atoms with Crippen molar-refractivity contribution in [3.8, 4) is 0 Å². The van der Waals surface area contributed by atoms with Crippen LogP contribution in [0.2, 0.25) is 0 Å². The smallest absolute Gasteiger partial charge is 0.381 e. The van der Waals surface area contributed by atoms with Crippen molar-refractivity contribution < 1.29 is 22.7 Å². The van der Waals surface area contributed by atoms with E-state index in [9.17, 15) is 13.2 Å². The van der Waals surface area contributed by atoms with Crippen molar-refractivity contribution in [3.63, 3.8) is 0 Å². The fraction of sp³-hybridized carbons (Fsp3) is 1.00. The number of halogens is 3. The molecule has 3 nitrogen and oxygen atoms in total. The Morgan fingerprint density at radius 2 is 2.07 bits per heavy atom. The Morgan fingerprint density at radius 1 is 1.33 bits per heavy atom. The molecule has 0 saturated heterocycles. The molecule has 1 aliphatic carbocycles. The molecular formula is C9H16F3NO2. The van der Waals surface area contributed by atoms with Crippen LogP contribution in [0.3, 0.4) is 0 Å². The molecule has 0 radical (unpaired) electrons. The van der Waals surface area contributed by atoms with Crippen molar-refractivity contribution in [2.24, 2.45) is 0 Å². The SMILES string of the molecule is COC1CCCC(NOCC(F)(F)F)C1. The van der Waals surface area contributed by atoms with Crippen molar-refractivity contribution in [2.45, 2.75) is 44.0 Å². The highest BCUT2D eigenvalue weighted by molar-refractivity contribution is 4.75. The fourth-order valence-corrected chi connectivity index (χ4v) is 1.71. The van der Waals surface area contributed by atoms with E-state index in [1.54, 1.807) is 7.11 Å². The van der Waals surface area contributed by atoms with E-state index < -0.39 is 12.8 Å². The molecule has 0 aromatic heterocycles. The van der Waals surface area contributed by atoms with Gasteiger partial charge in [-0.1, -0.05) is 0 Å². The van der Waals surface area contributed by atoms with Gasteiger partial charge in [0.1, 0.15) is 0 Å². The number of nitrogens with one attached hydrogen (secondary N) is 1. The lowest BCUT2D eigenvalue weighted by atomic mass is 9.93. The number of ether oxygens (including phenoxy) is 1. The third kappa shape index (κ3) is 5.34. The van der Waals surface area contributed by atoms with Crippen LogP contribution < -0.4 is 5.48 Å². The Kier molecular flexibility index (Phi) is 4.82. The minimum atomic E-state index is -4.28. The van der Waals surface area contributed by atoms with Gasteiger partial charge in [0, 0.05) is 13.2 Å². The van der Waals surface area contributed by atoms with Gasteiger partial charge >= 0.3 is 6.18 Å². The zero-order valence-corrected chi connectivity index (χ0v) is 8.64. The zero-order chi connectivity index (χ0) is 11.3. The van der Waals surface area contributed by atoms with Gasteiger partial charge in [-0.3, -0.25) is 4.84 Å². The molecule has 1 aliphatic rings. The van der Waals surface area contributed by atoms with Crippen molar-refractivity contribution in [3.05, 3.63) is 0 Å². The van der Waals surface area contributed by atoms with E-state index in [0.29, 0.717) is 6.42 Å². The number of hydrogen-bond donors (Lipinski definition) is 1. The first-order chi connectivity index (χ1) is 7.01. The van der Waals surface area contributed by atoms with E-state index in [-0.39, 0.29) is 12.1 Å². The quantitative estimate of drug-likeness (QED) is 0.745. The summed E-state index contributed by atoms with van der Waals surface area (Å²) >= 11 is 0. The van der Waals surface area contributed by atoms with Gasteiger partial charge in [0.25, 0.3) is 0 Å². The fourth-order valence-electron chi connectivity index (χ4n) is 1.71. The van der Waals surface area contributed by atoms with Crippen LogP contribution >= 0.6 is 0 Å². The molecule has 90 valence electrons. The molecule has 0 spiro atoms. The first kappa shape index (κ1) is 12.7. The topological polar surface area (TPSA) is 30.5 Å². The summed E-state index contributed by atoms with van der Waals surface area (Å²) < 4.78 is 40.4. The van der Waals surface area contributed by atoms with Crippen LogP contribution in [0.25, 0.3) is 0 Å². The van der Waals surface area contributed by atoms with Gasteiger partial charge in [-0.15, -0.1) is 0 Å². The molecule has 1 fully saturated rings. The monoisotopic (exact) mass is 227 g/mol. The van der Waals surface area contributed by atoms with Gasteiger partial charge in [-0.2, -0.15) is 18.7 Å². The first-order valence-electron chi connectivity index (χ1n) is 4.98. The maximum absolute atomic E-state index is 11.8. The minimum absolute atomic E-state index is 0.0361. The van der Waals surface area contributed by atoms with Crippen LogP contribution in [0.4, 0.5) is 13.2 Å². The van der Waals surface area contributed by atoms with Gasteiger partial charge in [-0.25, -0.2) is 0 Å². The Balaban J connectivity index is 2.15. The molecule has 1 N–H and O–H groups in total. The number of hydrogen-bond acceptors (Lipinski definition) is 3. The van der Waals surface area contributed by atoms with Crippen LogP contribution in [0.1, 0.15) is 25.7 Å². The van der Waals surface area contributed by atoms with Crippen LogP contribution in [0.15, 0.2) is 0 Å². The summed E-state index contributed by atoms with van der Waals surface area (Å²) in [7, 11) is 1.61. The highest BCUT2D eigenvalue weighted by Crippen LogP contribution is 2.21. The van der Waals surface area contributed by atoms with E-state index in [4.69, 9.17) is 4.74 Å². The number of alkyl halides is 3. The van der Waals surface area contributed by atoms with Crippen LogP contribution in [-0.2, 0) is 9.57 Å². The van der Waals surface area contributed by atoms with Crippen molar-refractivity contribution in [2.75, 3.05) is 13.7 Å². The zero-order valence-electron chi connectivity index (χ0n) is 8.64. The summed E-state index contributed by atoms with van der Waals surface area (Å²) in [5.41, 5.74) is 2.44. The lowest BCUT2D eigenvalue weighted by Gasteiger charge is -2.28. The van der Waals surface area contributed by atoms with E-state index in [0.717, 1.165) is 19.3 Å². The maximum atomic E-state index is 11.8. The second-order valence-electron chi connectivity index (χ2n) is 3.74. The molecule has 15 heavy (non-hydrogen) atoms. The molecule has 1 rings (SSSR count). The van der Waals surface area contributed by atoms with E-state index >= 15 is 0 Å². The van der Waals surface area contributed by atoms with E-state index in [1.807, 2.05) is 0 Å². The molecule has 2 atom stereocenters. The molecule has 0 aromatic rings. The van der Waals surface area contributed by atoms with Crippen LogP contribution in [-0.4, -0.2) is 32.0 Å². The Hall–Kier alpha value is -0.330. The van der Waals surface area contributed by atoms with Gasteiger partial charge in [0.2, 0.25) is 0 Å². The van der Waals surface area contributed by atoms with Crippen molar-refractivity contribution in [1.82, 2.24) is 5.48 Å². The molecular weight excluding hydrogens is 211 g/mol. The second-order valence-corrected chi connectivity index (χ2v) is 3.74. The second kappa shape index (κ2) is 5.67. The summed E-state index contributed by atoms with van der Waals surface area (Å²) in [6, 6.07) is -0.0361. The van der Waals surface area contributed by atoms with E-state index in [1.165, 1.54) is 0 Å². The normalized spacial score (nSPS) is 28.0. The molecule has 0 amide bonds. The van der Waals surface area contributed by atoms with Gasteiger partial charge in [0.05, 0.1) is 6.10 Å². The molecule has 6 heteroatoms. The summed E-state index contributed by atoms with van der Waals surface area (Å²) in [6.45, 7) is -1.25. The maximum Gasteiger partial charge on any atom is 0.413 e. The van der Waals surface area contributed by atoms with E-state index in [2.05, 4.69) is 10.3 Å². The first-order valence-corrected chi connectivity index (χ1v) is 4.98. The van der Waals surface area contributed by atoms with Gasteiger partial charge in [0.15, 0.2) is 6.61 Å². The Morgan fingerprint density at radius 3 is 2.67 bits per heavy atom. The minimum Gasteiger partial charge on any atom is -0.381 e. The number of methoxy groups -OCH3 is 1. The third-order valence-corrected chi connectivity index (χ3v) is 2.45. The summed E-state index contributed by atoms with van der Waals surface area (Å²) in [4.78, 5) is 4.40. The lowest BCUT2D eigenvalue weighted by Crippen LogP contribution is -2.38. The van der Waals surface area contributed by atoms with Crippen LogP contribution in [0.5, 0.6) is 0 Å². The summed E-state index contributed by atoms with van der Waals surface area (Å²) in [5.74, 6) is 0. The summed E-state index contributed by atoms with van der Waals surface area (Å²) in [5, 5.41) is 0. The highest BCUT2D eigenvalue weighted by Gasteiger charge is 2.29. The highest BCUT2D eigenvalue weighted by atomic mass is 19.4. The third-order valence-electron chi connectivity index (χ3n) is 2.45. The van der Waals surface area contributed by atoms with Gasteiger partial charge in [-0.05, 0) is 25.7 Å². The molecule has 0 bridgehead atoms. The van der Waals surface area contributed by atoms with Crippen LogP contribution in [0, 0.1) is 0 Å². The largest absolute Gasteiger partial charge is 0.413 e. The standard InChI is InChI=1S/C9H16F3NO2/c1-14-8-4-2-3-7(5-8)13-15-6-9(10,11)12/h7-8,13H,2-6H2,1H3. The molecule has 2 unspecified atom stereocenters. The molecule has 0 heterocycles. The predicted octanol–water partition coefficient (Wildman–Crippen LogP) is 2.03. The average molecular weight is 227 g/mol. The molecule has 0 aromatic carbocycles. The van der Waals surface area contributed by atoms with Crippen molar-refractivity contribution >= 4 is 0 Å².